The van der Waals surface area contributed by atoms with E-state index in [4.69, 9.17) is 13.8 Å². The van der Waals surface area contributed by atoms with Crippen molar-refractivity contribution < 1.29 is 37.3 Å². The zero-order valence-electron chi connectivity index (χ0n) is 52.4. The van der Waals surface area contributed by atoms with Crippen molar-refractivity contribution in [3.05, 3.63) is 48.6 Å². The fraction of sp³-hybridized carbons (Fsp3) is 0.853. The van der Waals surface area contributed by atoms with Crippen molar-refractivity contribution >= 4 is 19.7 Å². The molecule has 0 fully saturated rings. The van der Waals surface area contributed by atoms with Crippen molar-refractivity contribution in [2.24, 2.45) is 0 Å². The first-order chi connectivity index (χ1) is 37.9. The highest BCUT2D eigenvalue weighted by Gasteiger charge is 2.27. The molecule has 0 bridgehead atoms. The van der Waals surface area contributed by atoms with E-state index in [-0.39, 0.29) is 31.5 Å². The third kappa shape index (κ3) is 58.6. The molecule has 0 aromatic heterocycles. The predicted molar refractivity (Wildman–Crippen MR) is 335 cm³/mol. The molecule has 1 N–H and O–H groups in total. The third-order valence-corrected chi connectivity index (χ3v) is 16.0. The molecule has 458 valence electrons. The van der Waals surface area contributed by atoms with Crippen molar-refractivity contribution in [3.8, 4) is 0 Å². The summed E-state index contributed by atoms with van der Waals surface area (Å²) in [6.45, 7) is 6.85. The second-order valence-electron chi connectivity index (χ2n) is 24.0. The highest BCUT2D eigenvalue weighted by atomic mass is 31.2. The maximum atomic E-state index is 13.6. The van der Waals surface area contributed by atoms with Crippen LogP contribution in [-0.2, 0) is 27.9 Å². The van der Waals surface area contributed by atoms with Crippen molar-refractivity contribution in [3.63, 3.8) is 0 Å². The molecular formula is C68H129N2O7P. The number of likely N-dealkylation sites (N-methyl/N-ethyl adjacent to an activating group) is 1. The molecule has 0 heterocycles. The average molecular weight is 1120 g/mol. The fourth-order valence-corrected chi connectivity index (χ4v) is 10.5. The lowest BCUT2D eigenvalue weighted by Crippen LogP contribution is -2.47. The quantitative estimate of drug-likeness (QED) is 0.0212. The summed E-state index contributed by atoms with van der Waals surface area (Å²) in [6.07, 6.45) is 72.2. The lowest BCUT2D eigenvalue weighted by molar-refractivity contribution is -0.870. The van der Waals surface area contributed by atoms with Crippen LogP contribution in [0.3, 0.4) is 0 Å². The van der Waals surface area contributed by atoms with Crippen LogP contribution >= 0.6 is 7.82 Å². The summed E-state index contributed by atoms with van der Waals surface area (Å²) in [6, 6.07) is -0.888. The Hall–Kier alpha value is -2.03. The minimum atomic E-state index is -4.70. The van der Waals surface area contributed by atoms with Crippen LogP contribution in [0.4, 0.5) is 0 Å². The number of quaternary nitrogens is 1. The van der Waals surface area contributed by atoms with Crippen LogP contribution in [-0.4, -0.2) is 69.4 Å². The molecular weight excluding hydrogens is 988 g/mol. The third-order valence-electron chi connectivity index (χ3n) is 15.0. The largest absolute Gasteiger partial charge is 0.756 e. The number of hydrogen-bond donors (Lipinski definition) is 1. The van der Waals surface area contributed by atoms with Gasteiger partial charge in [-0.05, 0) is 70.3 Å². The lowest BCUT2D eigenvalue weighted by Gasteiger charge is -2.30. The molecule has 0 saturated heterocycles. The van der Waals surface area contributed by atoms with E-state index in [1.807, 2.05) is 33.3 Å². The number of nitrogens with zero attached hydrogens (tertiary/aromatic N) is 1. The SMILES string of the molecule is CCCCC/C=C\C/C=C\C/C=C\CCCCCCCCCCCCC(=O)NC(COP(=O)([O-])OCC[N+](C)(C)C)C(/C=C\CCCCCCCCCCCC)OC(=O)CCCCCCCCCCCCCCCCCCC. The molecule has 0 aliphatic carbocycles. The molecule has 0 aliphatic heterocycles. The Bertz CT molecular complexity index is 1470. The monoisotopic (exact) mass is 1120 g/mol. The van der Waals surface area contributed by atoms with E-state index in [0.717, 1.165) is 77.0 Å². The number of hydrogen-bond acceptors (Lipinski definition) is 7. The van der Waals surface area contributed by atoms with Gasteiger partial charge in [-0.3, -0.25) is 14.2 Å². The Labute approximate surface area is 484 Å². The maximum absolute atomic E-state index is 13.6. The molecule has 0 aliphatic rings. The summed E-state index contributed by atoms with van der Waals surface area (Å²) in [7, 11) is 1.19. The Kier molecular flexibility index (Phi) is 56.7. The zero-order chi connectivity index (χ0) is 57.2. The fourth-order valence-electron chi connectivity index (χ4n) is 9.83. The molecule has 0 aromatic carbocycles. The van der Waals surface area contributed by atoms with E-state index in [2.05, 4.69) is 62.5 Å². The van der Waals surface area contributed by atoms with E-state index in [1.165, 1.54) is 212 Å². The summed E-state index contributed by atoms with van der Waals surface area (Å²) in [5.41, 5.74) is 0. The second-order valence-corrected chi connectivity index (χ2v) is 25.4. The number of unbranched alkanes of at least 4 members (excludes halogenated alkanes) is 39. The first-order valence-electron chi connectivity index (χ1n) is 33.4. The van der Waals surface area contributed by atoms with Crippen LogP contribution in [0.15, 0.2) is 48.6 Å². The van der Waals surface area contributed by atoms with Gasteiger partial charge < -0.3 is 28.5 Å². The highest BCUT2D eigenvalue weighted by Crippen LogP contribution is 2.38. The number of nitrogens with one attached hydrogen (secondary N) is 1. The lowest BCUT2D eigenvalue weighted by atomic mass is 10.0. The van der Waals surface area contributed by atoms with Gasteiger partial charge in [-0.25, -0.2) is 0 Å². The number of phosphoric ester groups is 1. The van der Waals surface area contributed by atoms with E-state index in [9.17, 15) is 19.0 Å². The minimum absolute atomic E-state index is 0.0217. The average Bonchev–Trinajstić information content (AvgIpc) is 3.40. The number of allylic oxidation sites excluding steroid dienone is 7. The Balaban J connectivity index is 5.13. The number of rotatable bonds is 61. The molecule has 0 spiro atoms. The number of carbonyl (C=O) groups is 2. The van der Waals surface area contributed by atoms with Gasteiger partial charge in [0, 0.05) is 12.8 Å². The van der Waals surface area contributed by atoms with Crippen LogP contribution in [0.2, 0.25) is 0 Å². The first-order valence-corrected chi connectivity index (χ1v) is 34.9. The first kappa shape index (κ1) is 76.0. The Morgan fingerprint density at radius 1 is 0.449 bits per heavy atom. The van der Waals surface area contributed by atoms with Gasteiger partial charge in [0.25, 0.3) is 7.82 Å². The molecule has 3 atom stereocenters. The zero-order valence-corrected chi connectivity index (χ0v) is 53.3. The normalized spacial score (nSPS) is 13.9. The topological polar surface area (TPSA) is 114 Å². The minimum Gasteiger partial charge on any atom is -0.756 e. The maximum Gasteiger partial charge on any atom is 0.306 e. The Morgan fingerprint density at radius 2 is 0.782 bits per heavy atom. The molecule has 3 unspecified atom stereocenters. The predicted octanol–water partition coefficient (Wildman–Crippen LogP) is 20.2. The number of carbonyl (C=O) groups excluding carboxylic acids is 2. The molecule has 78 heavy (non-hydrogen) atoms. The second kappa shape index (κ2) is 58.2. The van der Waals surface area contributed by atoms with Gasteiger partial charge in [-0.15, -0.1) is 0 Å². The van der Waals surface area contributed by atoms with Crippen molar-refractivity contribution in [2.75, 3.05) is 40.9 Å². The van der Waals surface area contributed by atoms with E-state index in [0.29, 0.717) is 17.4 Å². The standard InChI is InChI=1S/C68H129N2O7P/c1-7-10-13-16-19-22-25-28-30-32-33-34-35-36-37-39-40-42-45-48-51-54-57-60-67(71)69-65(64-76-78(73,74)75-63-62-70(4,5)6)66(59-56-53-50-47-44-27-24-21-18-15-12-9-3)77-68(72)61-58-55-52-49-46-43-41-38-31-29-26-23-20-17-14-11-8-2/h19,22,28,30,33-34,56,59,65-66H,7-18,20-21,23-27,29,31-32,35-55,57-58,60-64H2,1-6H3,(H-,69,71,73,74)/b22-19-,30-28-,34-33-,59-56-. The number of ether oxygens (including phenoxy) is 1. The van der Waals surface area contributed by atoms with Crippen LogP contribution < -0.4 is 10.2 Å². The number of phosphoric acid groups is 1. The summed E-state index contributed by atoms with van der Waals surface area (Å²) in [4.78, 5) is 40.1. The summed E-state index contributed by atoms with van der Waals surface area (Å²) in [5, 5.41) is 3.04. The van der Waals surface area contributed by atoms with Gasteiger partial charge in [0.05, 0.1) is 33.8 Å². The summed E-state index contributed by atoms with van der Waals surface area (Å²) < 4.78 is 30.4. The molecule has 0 saturated carbocycles. The van der Waals surface area contributed by atoms with Gasteiger partial charge in [0.15, 0.2) is 0 Å². The summed E-state index contributed by atoms with van der Waals surface area (Å²) in [5.74, 6) is -0.531. The van der Waals surface area contributed by atoms with Gasteiger partial charge in [-0.2, -0.15) is 0 Å². The van der Waals surface area contributed by atoms with Crippen molar-refractivity contribution in [1.82, 2.24) is 5.32 Å². The highest BCUT2D eigenvalue weighted by molar-refractivity contribution is 7.45. The van der Waals surface area contributed by atoms with E-state index in [1.54, 1.807) is 0 Å². The van der Waals surface area contributed by atoms with Crippen LogP contribution in [0.25, 0.3) is 0 Å². The van der Waals surface area contributed by atoms with Gasteiger partial charge in [0.2, 0.25) is 5.91 Å². The molecule has 0 rings (SSSR count). The smallest absolute Gasteiger partial charge is 0.306 e. The molecule has 10 heteroatoms. The molecule has 0 aromatic rings. The van der Waals surface area contributed by atoms with Crippen LogP contribution in [0.1, 0.15) is 323 Å². The molecule has 1 amide bonds. The van der Waals surface area contributed by atoms with Crippen molar-refractivity contribution in [2.45, 2.75) is 335 Å². The van der Waals surface area contributed by atoms with E-state index >= 15 is 0 Å². The van der Waals surface area contributed by atoms with E-state index < -0.39 is 20.0 Å². The molecule has 9 nitrogen and oxygen atoms in total. The number of amides is 1. The van der Waals surface area contributed by atoms with Crippen LogP contribution in [0, 0.1) is 0 Å². The van der Waals surface area contributed by atoms with Gasteiger partial charge in [-0.1, -0.05) is 288 Å². The number of esters is 1. The van der Waals surface area contributed by atoms with Gasteiger partial charge in [0.1, 0.15) is 19.3 Å². The molecule has 0 radical (unpaired) electrons. The van der Waals surface area contributed by atoms with Crippen LogP contribution in [0.5, 0.6) is 0 Å². The van der Waals surface area contributed by atoms with Crippen molar-refractivity contribution in [1.29, 1.82) is 0 Å². The van der Waals surface area contributed by atoms with Gasteiger partial charge >= 0.3 is 5.97 Å². The Morgan fingerprint density at radius 3 is 1.19 bits per heavy atom. The summed E-state index contributed by atoms with van der Waals surface area (Å²) >= 11 is 0.